The molecule has 1 rings (SSSR count). The van der Waals surface area contributed by atoms with E-state index >= 15 is 0 Å². The fourth-order valence-corrected chi connectivity index (χ4v) is 1.70. The smallest absolute Gasteiger partial charge is 0.198 e. The van der Waals surface area contributed by atoms with Gasteiger partial charge in [-0.25, -0.2) is 0 Å². The quantitative estimate of drug-likeness (QED) is 0.664. The Kier molecular flexibility index (Phi) is 3.53. The number of alkyl halides is 2. The van der Waals surface area contributed by atoms with Crippen molar-refractivity contribution in [1.82, 2.24) is 0 Å². The molecule has 0 N–H and O–H groups in total. The van der Waals surface area contributed by atoms with Crippen molar-refractivity contribution in [3.05, 3.63) is 29.8 Å². The standard InChI is InChI=1S/C11H14F2S/c1-11(2,3)8-5-4-6-9(7-8)14-10(12)13/h4-7,10H,1-3H3. The third-order valence-electron chi connectivity index (χ3n) is 1.93. The third kappa shape index (κ3) is 3.29. The van der Waals surface area contributed by atoms with Crippen LogP contribution >= 0.6 is 11.8 Å². The van der Waals surface area contributed by atoms with E-state index in [4.69, 9.17) is 0 Å². The minimum absolute atomic E-state index is 0.0126. The molecule has 78 valence electrons. The van der Waals surface area contributed by atoms with Gasteiger partial charge in [0.2, 0.25) is 0 Å². The zero-order valence-corrected chi connectivity index (χ0v) is 9.37. The first kappa shape index (κ1) is 11.5. The van der Waals surface area contributed by atoms with Crippen LogP contribution in [0.4, 0.5) is 8.78 Å². The van der Waals surface area contributed by atoms with Gasteiger partial charge in [0.05, 0.1) is 0 Å². The van der Waals surface area contributed by atoms with Gasteiger partial charge < -0.3 is 0 Å². The maximum atomic E-state index is 12.1. The summed E-state index contributed by atoms with van der Waals surface area (Å²) in [7, 11) is 0. The first-order valence-electron chi connectivity index (χ1n) is 4.45. The van der Waals surface area contributed by atoms with Crippen LogP contribution in [0.25, 0.3) is 0 Å². The van der Waals surface area contributed by atoms with E-state index in [-0.39, 0.29) is 5.41 Å². The Hall–Kier alpha value is -0.570. The van der Waals surface area contributed by atoms with E-state index in [1.807, 2.05) is 18.2 Å². The summed E-state index contributed by atoms with van der Waals surface area (Å²) in [6.07, 6.45) is 0. The van der Waals surface area contributed by atoms with E-state index in [1.165, 1.54) is 0 Å². The first-order valence-corrected chi connectivity index (χ1v) is 5.33. The van der Waals surface area contributed by atoms with Crippen molar-refractivity contribution in [2.45, 2.75) is 36.8 Å². The van der Waals surface area contributed by atoms with Crippen molar-refractivity contribution in [3.8, 4) is 0 Å². The minimum atomic E-state index is -2.34. The summed E-state index contributed by atoms with van der Waals surface area (Å²) < 4.78 is 24.2. The predicted molar refractivity (Wildman–Crippen MR) is 57.0 cm³/mol. The highest BCUT2D eigenvalue weighted by molar-refractivity contribution is 7.99. The zero-order valence-electron chi connectivity index (χ0n) is 8.55. The second-order valence-corrected chi connectivity index (χ2v) is 5.22. The van der Waals surface area contributed by atoms with Gasteiger partial charge in [0.25, 0.3) is 5.76 Å². The molecule has 14 heavy (non-hydrogen) atoms. The van der Waals surface area contributed by atoms with Gasteiger partial charge in [-0.2, -0.15) is 8.78 Å². The second kappa shape index (κ2) is 4.30. The summed E-state index contributed by atoms with van der Waals surface area (Å²) in [5, 5.41) is 0. The number of hydrogen-bond acceptors (Lipinski definition) is 1. The molecule has 0 aliphatic carbocycles. The Morgan fingerprint density at radius 1 is 1.21 bits per heavy atom. The summed E-state index contributed by atoms with van der Waals surface area (Å²) in [5.74, 6) is -2.34. The van der Waals surface area contributed by atoms with Crippen LogP contribution in [-0.4, -0.2) is 5.76 Å². The zero-order chi connectivity index (χ0) is 10.8. The number of benzene rings is 1. The van der Waals surface area contributed by atoms with E-state index in [0.717, 1.165) is 5.56 Å². The van der Waals surface area contributed by atoms with Gasteiger partial charge >= 0.3 is 0 Å². The topological polar surface area (TPSA) is 0 Å². The molecular weight excluding hydrogens is 202 g/mol. The maximum Gasteiger partial charge on any atom is 0.288 e. The lowest BCUT2D eigenvalue weighted by molar-refractivity contribution is 0.252. The van der Waals surface area contributed by atoms with Crippen molar-refractivity contribution in [3.63, 3.8) is 0 Å². The molecule has 1 aromatic rings. The average molecular weight is 216 g/mol. The van der Waals surface area contributed by atoms with Crippen LogP contribution in [0.2, 0.25) is 0 Å². The normalized spacial score (nSPS) is 12.1. The van der Waals surface area contributed by atoms with Gasteiger partial charge in [0.1, 0.15) is 0 Å². The van der Waals surface area contributed by atoms with E-state index in [0.29, 0.717) is 16.7 Å². The molecule has 0 bridgehead atoms. The molecule has 0 fully saturated rings. The van der Waals surface area contributed by atoms with Crippen LogP contribution in [0.1, 0.15) is 26.3 Å². The molecule has 0 saturated heterocycles. The summed E-state index contributed by atoms with van der Waals surface area (Å²) in [4.78, 5) is 0.632. The van der Waals surface area contributed by atoms with Gasteiger partial charge in [-0.05, 0) is 23.1 Å². The molecule has 0 heterocycles. The molecule has 0 saturated carbocycles. The van der Waals surface area contributed by atoms with Crippen molar-refractivity contribution in [2.24, 2.45) is 0 Å². The number of rotatable bonds is 2. The molecule has 0 atom stereocenters. The first-order chi connectivity index (χ1) is 6.39. The molecule has 0 radical (unpaired) electrons. The Labute approximate surface area is 87.7 Å². The molecule has 0 aromatic heterocycles. The Balaban J connectivity index is 2.90. The summed E-state index contributed by atoms with van der Waals surface area (Å²) in [6.45, 7) is 6.21. The lowest BCUT2D eigenvalue weighted by atomic mass is 9.87. The lowest BCUT2D eigenvalue weighted by Gasteiger charge is -2.19. The van der Waals surface area contributed by atoms with Crippen molar-refractivity contribution in [1.29, 1.82) is 0 Å². The molecular formula is C11H14F2S. The Morgan fingerprint density at radius 2 is 1.86 bits per heavy atom. The van der Waals surface area contributed by atoms with Crippen molar-refractivity contribution < 1.29 is 8.78 Å². The lowest BCUT2D eigenvalue weighted by Crippen LogP contribution is -2.10. The van der Waals surface area contributed by atoms with Crippen molar-refractivity contribution in [2.75, 3.05) is 0 Å². The number of halogens is 2. The molecule has 0 unspecified atom stereocenters. The monoisotopic (exact) mass is 216 g/mol. The molecule has 0 nitrogen and oxygen atoms in total. The largest absolute Gasteiger partial charge is 0.288 e. The van der Waals surface area contributed by atoms with Gasteiger partial charge in [-0.15, -0.1) is 0 Å². The highest BCUT2D eigenvalue weighted by Gasteiger charge is 2.14. The van der Waals surface area contributed by atoms with E-state index in [1.54, 1.807) is 6.07 Å². The van der Waals surface area contributed by atoms with E-state index in [9.17, 15) is 8.78 Å². The SMILES string of the molecule is CC(C)(C)c1cccc(SC(F)F)c1. The van der Waals surface area contributed by atoms with E-state index in [2.05, 4.69) is 20.8 Å². The number of thioether (sulfide) groups is 1. The molecule has 0 aliphatic heterocycles. The van der Waals surface area contributed by atoms with Crippen LogP contribution in [0.3, 0.4) is 0 Å². The van der Waals surface area contributed by atoms with Gasteiger partial charge in [0, 0.05) is 4.90 Å². The number of hydrogen-bond donors (Lipinski definition) is 0. The van der Waals surface area contributed by atoms with Crippen LogP contribution < -0.4 is 0 Å². The van der Waals surface area contributed by atoms with Crippen molar-refractivity contribution >= 4 is 11.8 Å². The Morgan fingerprint density at radius 3 is 2.36 bits per heavy atom. The summed E-state index contributed by atoms with van der Waals surface area (Å²) in [6, 6.07) is 7.34. The van der Waals surface area contributed by atoms with E-state index < -0.39 is 5.76 Å². The molecule has 0 spiro atoms. The maximum absolute atomic E-state index is 12.1. The van der Waals surface area contributed by atoms with Crippen LogP contribution in [0.15, 0.2) is 29.2 Å². The fourth-order valence-electron chi connectivity index (χ4n) is 1.14. The fraction of sp³-hybridized carbons (Fsp3) is 0.455. The van der Waals surface area contributed by atoms with Gasteiger partial charge in [-0.3, -0.25) is 0 Å². The van der Waals surface area contributed by atoms with Crippen LogP contribution in [0.5, 0.6) is 0 Å². The van der Waals surface area contributed by atoms with Crippen LogP contribution in [-0.2, 0) is 5.41 Å². The second-order valence-electron chi connectivity index (χ2n) is 4.16. The van der Waals surface area contributed by atoms with Crippen LogP contribution in [0, 0.1) is 0 Å². The third-order valence-corrected chi connectivity index (χ3v) is 2.63. The minimum Gasteiger partial charge on any atom is -0.198 e. The predicted octanol–water partition coefficient (Wildman–Crippen LogP) is 4.30. The highest BCUT2D eigenvalue weighted by atomic mass is 32.2. The summed E-state index contributed by atoms with van der Waals surface area (Å²) >= 11 is 0.595. The average Bonchev–Trinajstić information content (AvgIpc) is 2.01. The molecule has 0 aliphatic rings. The molecule has 1 aromatic carbocycles. The highest BCUT2D eigenvalue weighted by Crippen LogP contribution is 2.29. The Bertz CT molecular complexity index is 302. The summed E-state index contributed by atoms with van der Waals surface area (Å²) in [5.41, 5.74) is 1.10. The van der Waals surface area contributed by atoms with Gasteiger partial charge in [-0.1, -0.05) is 44.7 Å². The van der Waals surface area contributed by atoms with Gasteiger partial charge in [0.15, 0.2) is 0 Å². The molecule has 3 heteroatoms. The molecule has 0 amide bonds.